The van der Waals surface area contributed by atoms with Crippen LogP contribution in [0.5, 0.6) is 11.5 Å². The molecule has 0 bridgehead atoms. The number of esters is 1. The molecule has 0 saturated carbocycles. The van der Waals surface area contributed by atoms with E-state index in [1.54, 1.807) is 18.5 Å². The molecule has 8 nitrogen and oxygen atoms in total. The maximum atomic E-state index is 11.9. The van der Waals surface area contributed by atoms with Gasteiger partial charge in [-0.05, 0) is 75.9 Å². The number of benzene rings is 1. The summed E-state index contributed by atoms with van der Waals surface area (Å²) >= 11 is 0. The van der Waals surface area contributed by atoms with Crippen molar-refractivity contribution in [2.45, 2.75) is 58.5 Å². The average Bonchev–Trinajstić information content (AvgIpc) is 3.32. The number of ether oxygens (including phenoxy) is 4. The van der Waals surface area contributed by atoms with Gasteiger partial charge in [-0.1, -0.05) is 12.1 Å². The Morgan fingerprint density at radius 1 is 1.12 bits per heavy atom. The van der Waals surface area contributed by atoms with Crippen LogP contribution in [0.4, 0.5) is 0 Å². The van der Waals surface area contributed by atoms with Gasteiger partial charge in [0.15, 0.2) is 12.8 Å². The van der Waals surface area contributed by atoms with Crippen LogP contribution >= 0.6 is 0 Å². The fourth-order valence-electron chi connectivity index (χ4n) is 3.69. The molecule has 0 radical (unpaired) electrons. The molecule has 1 aromatic carbocycles. The minimum Gasteiger partial charge on any atom is -0.487 e. The highest BCUT2D eigenvalue weighted by molar-refractivity contribution is 5.71. The van der Waals surface area contributed by atoms with E-state index in [4.69, 9.17) is 18.9 Å². The molecule has 1 aliphatic heterocycles. The first kappa shape index (κ1) is 23.8. The molecular formula is C26H31N3O5. The standard InChI is InChI=1S/C26H31N3O5/c1-26(2,3)34-25(30)18-33-20-8-6-7-19(15-20)17-32-21-10-11-22(27-16-21)23-12-13-28-29(23)24-9-4-5-14-31-24/h6-8,10-13,15-16,24H,4-5,9,14,17-18H2,1-3H3. The zero-order chi connectivity index (χ0) is 24.0. The molecule has 2 aromatic heterocycles. The lowest BCUT2D eigenvalue weighted by molar-refractivity contribution is -0.157. The number of hydrogen-bond donors (Lipinski definition) is 0. The molecule has 1 saturated heterocycles. The Labute approximate surface area is 199 Å². The second-order valence-electron chi connectivity index (χ2n) is 9.17. The molecule has 1 fully saturated rings. The second kappa shape index (κ2) is 10.7. The van der Waals surface area contributed by atoms with Gasteiger partial charge in [0.05, 0.1) is 17.6 Å². The van der Waals surface area contributed by atoms with Crippen LogP contribution in [-0.2, 0) is 20.9 Å². The Hall–Kier alpha value is -3.39. The topological polar surface area (TPSA) is 84.7 Å². The molecule has 3 heterocycles. The molecule has 1 unspecified atom stereocenters. The summed E-state index contributed by atoms with van der Waals surface area (Å²) < 4.78 is 24.5. The third kappa shape index (κ3) is 6.57. The summed E-state index contributed by atoms with van der Waals surface area (Å²) in [4.78, 5) is 16.4. The van der Waals surface area contributed by atoms with Crippen LogP contribution in [0.15, 0.2) is 54.9 Å². The smallest absolute Gasteiger partial charge is 0.344 e. The van der Waals surface area contributed by atoms with E-state index in [1.807, 2.05) is 61.9 Å². The second-order valence-corrected chi connectivity index (χ2v) is 9.17. The third-order valence-corrected chi connectivity index (χ3v) is 5.18. The molecule has 3 aromatic rings. The summed E-state index contributed by atoms with van der Waals surface area (Å²) in [5.41, 5.74) is 2.12. The number of hydrogen-bond acceptors (Lipinski definition) is 7. The van der Waals surface area contributed by atoms with Crippen molar-refractivity contribution in [3.63, 3.8) is 0 Å². The molecule has 1 aliphatic rings. The van der Waals surface area contributed by atoms with E-state index in [-0.39, 0.29) is 12.8 Å². The summed E-state index contributed by atoms with van der Waals surface area (Å²) in [6.07, 6.45) is 6.62. The lowest BCUT2D eigenvalue weighted by Gasteiger charge is -2.24. The molecule has 180 valence electrons. The van der Waals surface area contributed by atoms with E-state index >= 15 is 0 Å². The molecule has 1 atom stereocenters. The van der Waals surface area contributed by atoms with Crippen LogP contribution in [0.3, 0.4) is 0 Å². The molecule has 0 amide bonds. The fourth-order valence-corrected chi connectivity index (χ4v) is 3.69. The van der Waals surface area contributed by atoms with Crippen molar-refractivity contribution in [2.75, 3.05) is 13.2 Å². The van der Waals surface area contributed by atoms with Gasteiger partial charge in [0.25, 0.3) is 0 Å². The quantitative estimate of drug-likeness (QED) is 0.436. The van der Waals surface area contributed by atoms with E-state index in [0.717, 1.165) is 42.8 Å². The summed E-state index contributed by atoms with van der Waals surface area (Å²) in [5, 5.41) is 4.45. The Kier molecular flexibility index (Phi) is 7.47. The molecular weight excluding hydrogens is 434 g/mol. The van der Waals surface area contributed by atoms with Gasteiger partial charge in [0, 0.05) is 12.8 Å². The van der Waals surface area contributed by atoms with Crippen molar-refractivity contribution in [1.29, 1.82) is 0 Å². The highest BCUT2D eigenvalue weighted by Gasteiger charge is 2.20. The van der Waals surface area contributed by atoms with Crippen molar-refractivity contribution in [3.05, 3.63) is 60.4 Å². The molecule has 0 N–H and O–H groups in total. The summed E-state index contributed by atoms with van der Waals surface area (Å²) in [6, 6.07) is 13.2. The summed E-state index contributed by atoms with van der Waals surface area (Å²) in [5.74, 6) is 0.833. The van der Waals surface area contributed by atoms with Crippen molar-refractivity contribution in [3.8, 4) is 22.9 Å². The van der Waals surface area contributed by atoms with Gasteiger partial charge in [-0.3, -0.25) is 4.98 Å². The lowest BCUT2D eigenvalue weighted by atomic mass is 10.2. The molecule has 0 spiro atoms. The van der Waals surface area contributed by atoms with Gasteiger partial charge in [0.2, 0.25) is 0 Å². The zero-order valence-corrected chi connectivity index (χ0v) is 19.9. The van der Waals surface area contributed by atoms with Gasteiger partial charge in [-0.15, -0.1) is 0 Å². The fraction of sp³-hybridized carbons (Fsp3) is 0.423. The third-order valence-electron chi connectivity index (χ3n) is 5.18. The number of carbonyl (C=O) groups is 1. The minimum absolute atomic E-state index is 0.0405. The minimum atomic E-state index is -0.539. The van der Waals surface area contributed by atoms with Crippen LogP contribution in [0.25, 0.3) is 11.4 Å². The van der Waals surface area contributed by atoms with Gasteiger partial charge in [-0.25, -0.2) is 9.48 Å². The first-order valence-electron chi connectivity index (χ1n) is 11.6. The van der Waals surface area contributed by atoms with Gasteiger partial charge in [0.1, 0.15) is 23.7 Å². The number of nitrogens with zero attached hydrogens (tertiary/aromatic N) is 3. The molecule has 0 aliphatic carbocycles. The maximum Gasteiger partial charge on any atom is 0.344 e. The zero-order valence-electron chi connectivity index (χ0n) is 19.9. The van der Waals surface area contributed by atoms with Crippen LogP contribution in [0.2, 0.25) is 0 Å². The lowest BCUT2D eigenvalue weighted by Crippen LogP contribution is -2.27. The Morgan fingerprint density at radius 3 is 2.74 bits per heavy atom. The van der Waals surface area contributed by atoms with E-state index in [0.29, 0.717) is 18.1 Å². The molecule has 4 rings (SSSR count). The van der Waals surface area contributed by atoms with Crippen LogP contribution in [0, 0.1) is 0 Å². The van der Waals surface area contributed by atoms with Crippen LogP contribution in [0.1, 0.15) is 51.8 Å². The molecule has 8 heteroatoms. The highest BCUT2D eigenvalue weighted by Crippen LogP contribution is 2.28. The number of carbonyl (C=O) groups excluding carboxylic acids is 1. The van der Waals surface area contributed by atoms with E-state index < -0.39 is 11.6 Å². The monoisotopic (exact) mass is 465 g/mol. The predicted octanol–water partition coefficient (Wildman–Crippen LogP) is 4.94. The van der Waals surface area contributed by atoms with Gasteiger partial charge >= 0.3 is 5.97 Å². The molecule has 34 heavy (non-hydrogen) atoms. The number of pyridine rings is 1. The first-order chi connectivity index (χ1) is 16.4. The predicted molar refractivity (Wildman–Crippen MR) is 126 cm³/mol. The average molecular weight is 466 g/mol. The van der Waals surface area contributed by atoms with Gasteiger partial charge < -0.3 is 18.9 Å². The Morgan fingerprint density at radius 2 is 2.00 bits per heavy atom. The van der Waals surface area contributed by atoms with Crippen molar-refractivity contribution in [2.24, 2.45) is 0 Å². The van der Waals surface area contributed by atoms with E-state index in [9.17, 15) is 4.79 Å². The summed E-state index contributed by atoms with van der Waals surface area (Å²) in [6.45, 7) is 6.43. The Balaban J connectivity index is 1.32. The largest absolute Gasteiger partial charge is 0.487 e. The van der Waals surface area contributed by atoms with Crippen molar-refractivity contribution in [1.82, 2.24) is 14.8 Å². The SMILES string of the molecule is CC(C)(C)OC(=O)COc1cccc(COc2ccc(-c3ccnn3C3CCCCO3)nc2)c1. The van der Waals surface area contributed by atoms with E-state index in [2.05, 4.69) is 10.1 Å². The first-order valence-corrected chi connectivity index (χ1v) is 11.6. The number of aromatic nitrogens is 3. The Bertz CT molecular complexity index is 1080. The van der Waals surface area contributed by atoms with E-state index in [1.165, 1.54) is 0 Å². The van der Waals surface area contributed by atoms with Gasteiger partial charge in [-0.2, -0.15) is 5.10 Å². The van der Waals surface area contributed by atoms with Crippen LogP contribution in [-0.4, -0.2) is 39.5 Å². The normalized spacial score (nSPS) is 16.1. The van der Waals surface area contributed by atoms with Crippen LogP contribution < -0.4 is 9.47 Å². The summed E-state index contributed by atoms with van der Waals surface area (Å²) in [7, 11) is 0. The van der Waals surface area contributed by atoms with Crippen molar-refractivity contribution >= 4 is 5.97 Å². The highest BCUT2D eigenvalue weighted by atomic mass is 16.6. The number of rotatable bonds is 8. The van der Waals surface area contributed by atoms with Crippen molar-refractivity contribution < 1.29 is 23.7 Å². The maximum absolute atomic E-state index is 11.9.